The first kappa shape index (κ1) is 18.6. The Morgan fingerprint density at radius 2 is 1.74 bits per heavy atom. The fraction of sp³-hybridized carbons (Fsp3) is 0.438. The molecule has 1 N–H and O–H groups in total. The van der Waals surface area contributed by atoms with Gasteiger partial charge in [-0.15, -0.1) is 0 Å². The molecule has 1 rings (SSSR count). The lowest BCUT2D eigenvalue weighted by Gasteiger charge is -2.21. The average Bonchev–Trinajstić information content (AvgIpc) is 2.42. The van der Waals surface area contributed by atoms with E-state index in [-0.39, 0.29) is 5.56 Å². The number of amides is 1. The van der Waals surface area contributed by atoms with Crippen molar-refractivity contribution >= 4 is 17.8 Å². The van der Waals surface area contributed by atoms with Crippen LogP contribution >= 0.6 is 0 Å². The van der Waals surface area contributed by atoms with Crippen molar-refractivity contribution < 1.29 is 28.2 Å². The van der Waals surface area contributed by atoms with Crippen LogP contribution in [0.5, 0.6) is 0 Å². The number of halogens is 1. The molecule has 7 heteroatoms. The van der Waals surface area contributed by atoms with Gasteiger partial charge >= 0.3 is 12.1 Å². The van der Waals surface area contributed by atoms with Crippen molar-refractivity contribution in [2.45, 2.75) is 39.3 Å². The van der Waals surface area contributed by atoms with Crippen LogP contribution in [0.25, 0.3) is 0 Å². The fourth-order valence-corrected chi connectivity index (χ4v) is 1.52. The quantitative estimate of drug-likeness (QED) is 0.664. The molecule has 1 aromatic rings. The smallest absolute Gasteiger partial charge is 0.408 e. The summed E-state index contributed by atoms with van der Waals surface area (Å²) in [6.07, 6.45) is -0.758. The average molecular weight is 325 g/mol. The summed E-state index contributed by atoms with van der Waals surface area (Å²) < 4.78 is 22.6. The molecular formula is C16H20FNO5. The number of nitrogens with one attached hydrogen (secondary N) is 1. The molecule has 0 spiro atoms. The van der Waals surface area contributed by atoms with Crippen LogP contribution in [0.15, 0.2) is 24.3 Å². The van der Waals surface area contributed by atoms with Gasteiger partial charge in [-0.05, 0) is 52.0 Å². The molecular weight excluding hydrogens is 305 g/mol. The number of hydrogen-bond donors (Lipinski definition) is 1. The van der Waals surface area contributed by atoms with Gasteiger partial charge in [0, 0.05) is 5.56 Å². The molecule has 0 fully saturated rings. The summed E-state index contributed by atoms with van der Waals surface area (Å²) in [5.41, 5.74) is -0.460. The van der Waals surface area contributed by atoms with Gasteiger partial charge in [0.05, 0.1) is 0 Å². The van der Waals surface area contributed by atoms with Crippen LogP contribution in [0.3, 0.4) is 0 Å². The van der Waals surface area contributed by atoms with E-state index in [0.29, 0.717) is 0 Å². The molecule has 6 nitrogen and oxygen atoms in total. The van der Waals surface area contributed by atoms with Crippen molar-refractivity contribution in [1.29, 1.82) is 0 Å². The monoisotopic (exact) mass is 325 g/mol. The van der Waals surface area contributed by atoms with E-state index in [1.807, 2.05) is 0 Å². The largest absolute Gasteiger partial charge is 0.456 e. The zero-order chi connectivity index (χ0) is 17.6. The van der Waals surface area contributed by atoms with Crippen molar-refractivity contribution in [2.75, 3.05) is 6.61 Å². The minimum atomic E-state index is -0.967. The SMILES string of the molecule is C[C@H](NC(=O)OC(C)(C)C)C(=O)OCC(=O)c1ccc(F)cc1. The van der Waals surface area contributed by atoms with E-state index >= 15 is 0 Å². The highest BCUT2D eigenvalue weighted by molar-refractivity contribution is 5.98. The summed E-state index contributed by atoms with van der Waals surface area (Å²) in [4.78, 5) is 35.0. The van der Waals surface area contributed by atoms with Gasteiger partial charge in [0.1, 0.15) is 17.5 Å². The molecule has 0 heterocycles. The van der Waals surface area contributed by atoms with E-state index < -0.39 is 41.9 Å². The number of carbonyl (C=O) groups excluding carboxylic acids is 3. The Morgan fingerprint density at radius 3 is 2.26 bits per heavy atom. The number of carbonyl (C=O) groups is 3. The molecule has 0 radical (unpaired) electrons. The van der Waals surface area contributed by atoms with Crippen molar-refractivity contribution in [1.82, 2.24) is 5.32 Å². The molecule has 0 aromatic heterocycles. The summed E-state index contributed by atoms with van der Waals surface area (Å²) >= 11 is 0. The van der Waals surface area contributed by atoms with Crippen molar-refractivity contribution in [2.24, 2.45) is 0 Å². The van der Waals surface area contributed by atoms with Crippen LogP contribution in [0, 0.1) is 5.82 Å². The maximum Gasteiger partial charge on any atom is 0.408 e. The zero-order valence-corrected chi connectivity index (χ0v) is 13.5. The second kappa shape index (κ2) is 7.71. The van der Waals surface area contributed by atoms with E-state index in [1.54, 1.807) is 20.8 Å². The zero-order valence-electron chi connectivity index (χ0n) is 13.5. The van der Waals surface area contributed by atoms with Crippen LogP contribution in [-0.2, 0) is 14.3 Å². The van der Waals surface area contributed by atoms with Gasteiger partial charge in [0.2, 0.25) is 0 Å². The third-order valence-corrected chi connectivity index (χ3v) is 2.60. The summed E-state index contributed by atoms with van der Waals surface area (Å²) in [7, 11) is 0. The number of alkyl carbamates (subject to hydrolysis) is 1. The van der Waals surface area contributed by atoms with E-state index in [2.05, 4.69) is 5.32 Å². The third kappa shape index (κ3) is 6.90. The van der Waals surface area contributed by atoms with Gasteiger partial charge in [0.15, 0.2) is 12.4 Å². The summed E-state index contributed by atoms with van der Waals surface area (Å²) in [5.74, 6) is -1.71. The lowest BCUT2D eigenvalue weighted by molar-refractivity contribution is -0.144. The van der Waals surface area contributed by atoms with E-state index in [1.165, 1.54) is 19.1 Å². The van der Waals surface area contributed by atoms with Gasteiger partial charge in [-0.2, -0.15) is 0 Å². The molecule has 0 bridgehead atoms. The Balaban J connectivity index is 2.45. The molecule has 1 amide bonds. The minimum Gasteiger partial charge on any atom is -0.456 e. The summed E-state index contributed by atoms with van der Waals surface area (Å²) in [6, 6.07) is 3.91. The summed E-state index contributed by atoms with van der Waals surface area (Å²) in [5, 5.41) is 2.31. The highest BCUT2D eigenvalue weighted by Gasteiger charge is 2.22. The molecule has 0 aliphatic heterocycles. The second-order valence-corrected chi connectivity index (χ2v) is 5.91. The van der Waals surface area contributed by atoms with Gasteiger partial charge in [-0.25, -0.2) is 14.0 Å². The molecule has 126 valence electrons. The van der Waals surface area contributed by atoms with Crippen LogP contribution in [0.2, 0.25) is 0 Å². The van der Waals surface area contributed by atoms with Gasteiger partial charge < -0.3 is 14.8 Å². The number of rotatable bonds is 5. The van der Waals surface area contributed by atoms with E-state index in [0.717, 1.165) is 12.1 Å². The van der Waals surface area contributed by atoms with Gasteiger partial charge in [-0.3, -0.25) is 4.79 Å². The first-order valence-corrected chi connectivity index (χ1v) is 7.03. The number of ether oxygens (including phenoxy) is 2. The van der Waals surface area contributed by atoms with Gasteiger partial charge in [-0.1, -0.05) is 0 Å². The van der Waals surface area contributed by atoms with Crippen LogP contribution in [-0.4, -0.2) is 36.1 Å². The fourth-order valence-electron chi connectivity index (χ4n) is 1.52. The van der Waals surface area contributed by atoms with Crippen molar-refractivity contribution in [3.8, 4) is 0 Å². The molecule has 0 saturated carbocycles. The molecule has 23 heavy (non-hydrogen) atoms. The maximum absolute atomic E-state index is 12.8. The number of benzene rings is 1. The van der Waals surface area contributed by atoms with Crippen LogP contribution in [0.4, 0.5) is 9.18 Å². The standard InChI is InChI=1S/C16H20FNO5/c1-10(18-15(21)23-16(2,3)4)14(20)22-9-13(19)11-5-7-12(17)8-6-11/h5-8,10H,9H2,1-4H3,(H,18,21)/t10-/m0/s1. The minimum absolute atomic E-state index is 0.229. The Bertz CT molecular complexity index is 577. The van der Waals surface area contributed by atoms with Crippen LogP contribution < -0.4 is 5.32 Å². The lowest BCUT2D eigenvalue weighted by Crippen LogP contribution is -2.42. The highest BCUT2D eigenvalue weighted by Crippen LogP contribution is 2.07. The number of ketones is 1. The lowest BCUT2D eigenvalue weighted by atomic mass is 10.1. The third-order valence-electron chi connectivity index (χ3n) is 2.60. The van der Waals surface area contributed by atoms with E-state index in [9.17, 15) is 18.8 Å². The molecule has 0 unspecified atom stereocenters. The van der Waals surface area contributed by atoms with Gasteiger partial charge in [0.25, 0.3) is 0 Å². The molecule has 0 saturated heterocycles. The predicted octanol–water partition coefficient (Wildman–Crippen LogP) is 2.46. The Kier molecular flexibility index (Phi) is 6.24. The molecule has 1 aromatic carbocycles. The number of hydrogen-bond acceptors (Lipinski definition) is 5. The Labute approximate surface area is 134 Å². The first-order chi connectivity index (χ1) is 10.6. The topological polar surface area (TPSA) is 81.7 Å². The van der Waals surface area contributed by atoms with Crippen molar-refractivity contribution in [3.63, 3.8) is 0 Å². The van der Waals surface area contributed by atoms with Crippen molar-refractivity contribution in [3.05, 3.63) is 35.6 Å². The Morgan fingerprint density at radius 1 is 1.17 bits per heavy atom. The van der Waals surface area contributed by atoms with Crippen LogP contribution in [0.1, 0.15) is 38.1 Å². The molecule has 0 aliphatic carbocycles. The molecule has 0 aliphatic rings. The number of esters is 1. The summed E-state index contributed by atoms with van der Waals surface area (Å²) in [6.45, 7) is 5.99. The molecule has 1 atom stereocenters. The number of Topliss-reactive ketones (excluding diaryl/α,β-unsaturated/α-hetero) is 1. The highest BCUT2D eigenvalue weighted by atomic mass is 19.1. The first-order valence-electron chi connectivity index (χ1n) is 7.03. The second-order valence-electron chi connectivity index (χ2n) is 5.91. The Hall–Kier alpha value is -2.44. The normalized spacial score (nSPS) is 12.2. The maximum atomic E-state index is 12.8. The predicted molar refractivity (Wildman–Crippen MR) is 80.5 cm³/mol. The van der Waals surface area contributed by atoms with E-state index in [4.69, 9.17) is 9.47 Å².